The van der Waals surface area contributed by atoms with Crippen LogP contribution in [0.15, 0.2) is 77.8 Å². The fourth-order valence-corrected chi connectivity index (χ4v) is 5.34. The molecule has 2 amide bonds. The van der Waals surface area contributed by atoms with Gasteiger partial charge in [-0.15, -0.1) is 16.9 Å². The molecular weight excluding hydrogens is 498 g/mol. The van der Waals surface area contributed by atoms with Crippen LogP contribution >= 0.6 is 11.8 Å². The van der Waals surface area contributed by atoms with Gasteiger partial charge >= 0.3 is 0 Å². The first-order chi connectivity index (χ1) is 18.5. The lowest BCUT2D eigenvalue weighted by atomic mass is 10.1. The van der Waals surface area contributed by atoms with Gasteiger partial charge in [-0.1, -0.05) is 60.7 Å². The third kappa shape index (κ3) is 5.86. The van der Waals surface area contributed by atoms with E-state index in [-0.39, 0.29) is 11.7 Å². The second-order valence-corrected chi connectivity index (χ2v) is 10.2. The molecule has 4 aromatic rings. The van der Waals surface area contributed by atoms with Crippen LogP contribution in [0, 0.1) is 0 Å². The lowest BCUT2D eigenvalue weighted by Gasteiger charge is -2.22. The first-order valence-electron chi connectivity index (χ1n) is 12.4. The maximum Gasteiger partial charge on any atom is 0.291 e. The van der Waals surface area contributed by atoms with Crippen molar-refractivity contribution in [1.82, 2.24) is 25.5 Å². The summed E-state index contributed by atoms with van der Waals surface area (Å²) >= 11 is 1.52. The number of pyridine rings is 1. The molecule has 2 aromatic carbocycles. The highest BCUT2D eigenvalue weighted by molar-refractivity contribution is 7.99. The molecule has 0 saturated heterocycles. The van der Waals surface area contributed by atoms with Crippen LogP contribution in [0.4, 0.5) is 11.5 Å². The third-order valence-corrected chi connectivity index (χ3v) is 7.59. The number of amides is 2. The van der Waals surface area contributed by atoms with Gasteiger partial charge < -0.3 is 15.1 Å². The Bertz CT molecular complexity index is 1410. The Labute approximate surface area is 225 Å². The molecule has 0 fully saturated rings. The van der Waals surface area contributed by atoms with Gasteiger partial charge in [-0.2, -0.15) is 0 Å². The molecule has 1 aliphatic heterocycles. The number of H-pyrrole nitrogens is 1. The summed E-state index contributed by atoms with van der Waals surface area (Å²) < 4.78 is 0. The van der Waals surface area contributed by atoms with Crippen molar-refractivity contribution in [2.75, 3.05) is 36.2 Å². The van der Waals surface area contributed by atoms with Crippen molar-refractivity contribution in [3.05, 3.63) is 95.7 Å². The number of thioether (sulfide) groups is 1. The van der Waals surface area contributed by atoms with E-state index in [9.17, 15) is 9.59 Å². The topological polar surface area (TPSA) is 107 Å². The number of likely N-dealkylation sites (N-methyl/N-ethyl adjacent to an activating group) is 2. The van der Waals surface area contributed by atoms with Gasteiger partial charge in [-0.05, 0) is 23.6 Å². The minimum Gasteiger partial charge on any atom is -0.359 e. The number of fused-ring (bicyclic) bond motifs is 1. The van der Waals surface area contributed by atoms with Crippen LogP contribution in [0.3, 0.4) is 0 Å². The van der Waals surface area contributed by atoms with Crippen molar-refractivity contribution < 1.29 is 9.59 Å². The average molecular weight is 528 g/mol. The minimum atomic E-state index is -0.722. The number of benzene rings is 2. The SMILES string of the molecule is CN(CCc1ccccc1)c1cc2c(cn1)N(C)C(=O)[C@@H](NC(=O)c1n[nH]c(Cc3ccccc3)n1)CS2. The summed E-state index contributed by atoms with van der Waals surface area (Å²) in [6.07, 6.45) is 3.17. The molecule has 0 aliphatic carbocycles. The van der Waals surface area contributed by atoms with Gasteiger partial charge in [0.25, 0.3) is 5.91 Å². The van der Waals surface area contributed by atoms with Crippen LogP contribution in [0.2, 0.25) is 0 Å². The highest BCUT2D eigenvalue weighted by Gasteiger charge is 2.31. The van der Waals surface area contributed by atoms with Crippen molar-refractivity contribution in [3.8, 4) is 0 Å². The summed E-state index contributed by atoms with van der Waals surface area (Å²) in [5.74, 6) is 1.13. The van der Waals surface area contributed by atoms with Crippen molar-refractivity contribution in [3.63, 3.8) is 0 Å². The molecule has 10 heteroatoms. The number of hydrogen-bond acceptors (Lipinski definition) is 7. The van der Waals surface area contributed by atoms with E-state index >= 15 is 0 Å². The van der Waals surface area contributed by atoms with Gasteiger partial charge in [0.1, 0.15) is 17.7 Å². The molecule has 0 radical (unpaired) electrons. The summed E-state index contributed by atoms with van der Waals surface area (Å²) in [5, 5.41) is 9.70. The summed E-state index contributed by atoms with van der Waals surface area (Å²) in [6, 6.07) is 21.4. The van der Waals surface area contributed by atoms with Gasteiger partial charge in [0, 0.05) is 37.7 Å². The highest BCUT2D eigenvalue weighted by atomic mass is 32.2. The van der Waals surface area contributed by atoms with Crippen LogP contribution in [-0.4, -0.2) is 64.4 Å². The van der Waals surface area contributed by atoms with Crippen molar-refractivity contribution >= 4 is 35.1 Å². The van der Waals surface area contributed by atoms with Gasteiger partial charge in [-0.25, -0.2) is 9.97 Å². The van der Waals surface area contributed by atoms with E-state index in [0.29, 0.717) is 18.0 Å². The van der Waals surface area contributed by atoms with E-state index in [2.05, 4.69) is 42.5 Å². The molecule has 9 nitrogen and oxygen atoms in total. The molecule has 5 rings (SSSR count). The van der Waals surface area contributed by atoms with Gasteiger partial charge in [0.15, 0.2) is 0 Å². The van der Waals surface area contributed by atoms with E-state index < -0.39 is 11.9 Å². The van der Waals surface area contributed by atoms with E-state index in [1.54, 1.807) is 18.1 Å². The van der Waals surface area contributed by atoms with Crippen molar-refractivity contribution in [1.29, 1.82) is 0 Å². The fraction of sp³-hybridized carbons (Fsp3) is 0.250. The maximum absolute atomic E-state index is 13.2. The largest absolute Gasteiger partial charge is 0.359 e. The van der Waals surface area contributed by atoms with Crippen molar-refractivity contribution in [2.24, 2.45) is 0 Å². The summed E-state index contributed by atoms with van der Waals surface area (Å²) in [6.45, 7) is 0.816. The predicted octanol–water partition coefficient (Wildman–Crippen LogP) is 3.34. The molecule has 1 aliphatic rings. The maximum atomic E-state index is 13.2. The highest BCUT2D eigenvalue weighted by Crippen LogP contribution is 2.35. The number of carbonyl (C=O) groups excluding carboxylic acids is 2. The molecule has 0 bridgehead atoms. The second kappa shape index (κ2) is 11.5. The predicted molar refractivity (Wildman–Crippen MR) is 149 cm³/mol. The Morgan fingerprint density at radius 3 is 2.58 bits per heavy atom. The van der Waals surface area contributed by atoms with Gasteiger partial charge in [0.2, 0.25) is 11.7 Å². The Hall–Kier alpha value is -4.18. The monoisotopic (exact) mass is 527 g/mol. The summed E-state index contributed by atoms with van der Waals surface area (Å²) in [5.41, 5.74) is 3.05. The summed E-state index contributed by atoms with van der Waals surface area (Å²) in [7, 11) is 3.72. The van der Waals surface area contributed by atoms with Crippen molar-refractivity contribution in [2.45, 2.75) is 23.8 Å². The molecule has 2 aromatic heterocycles. The van der Waals surface area contributed by atoms with E-state index in [0.717, 1.165) is 34.9 Å². The molecule has 1 atom stereocenters. The number of hydrogen-bond donors (Lipinski definition) is 2. The Balaban J connectivity index is 1.23. The Morgan fingerprint density at radius 1 is 1.13 bits per heavy atom. The van der Waals surface area contributed by atoms with Gasteiger partial charge in [0.05, 0.1) is 11.9 Å². The number of aromatic nitrogens is 4. The van der Waals surface area contributed by atoms with E-state index in [4.69, 9.17) is 0 Å². The van der Waals surface area contributed by atoms with Crippen LogP contribution < -0.4 is 15.1 Å². The third-order valence-electron chi connectivity index (χ3n) is 6.45. The number of nitrogens with one attached hydrogen (secondary N) is 2. The molecule has 194 valence electrons. The lowest BCUT2D eigenvalue weighted by Crippen LogP contribution is -2.48. The first-order valence-corrected chi connectivity index (χ1v) is 13.4. The summed E-state index contributed by atoms with van der Waals surface area (Å²) in [4.78, 5) is 39.6. The molecule has 0 unspecified atom stereocenters. The number of nitrogens with zero attached hydrogens (tertiary/aromatic N) is 5. The fourth-order valence-electron chi connectivity index (χ4n) is 4.24. The zero-order chi connectivity index (χ0) is 26.5. The smallest absolute Gasteiger partial charge is 0.291 e. The van der Waals surface area contributed by atoms with Gasteiger partial charge in [-0.3, -0.25) is 14.7 Å². The molecule has 2 N–H and O–H groups in total. The number of aromatic amines is 1. The molecule has 0 saturated carbocycles. The second-order valence-electron chi connectivity index (χ2n) is 9.17. The first kappa shape index (κ1) is 25.5. The number of anilines is 2. The van der Waals surface area contributed by atoms with E-state index in [1.165, 1.54) is 17.3 Å². The van der Waals surface area contributed by atoms with Crippen LogP contribution in [-0.2, 0) is 17.6 Å². The van der Waals surface area contributed by atoms with Crippen LogP contribution in [0.5, 0.6) is 0 Å². The quantitative estimate of drug-likeness (QED) is 0.362. The normalized spacial score (nSPS) is 15.1. The minimum absolute atomic E-state index is 0.0159. The zero-order valence-electron chi connectivity index (χ0n) is 21.3. The van der Waals surface area contributed by atoms with Crippen LogP contribution in [0.25, 0.3) is 0 Å². The standard InChI is InChI=1S/C28H29N7O2S/c1-34(14-13-19-9-5-3-6-10-19)25-16-23-22(17-29-25)35(2)28(37)21(18-38-23)30-27(36)26-31-24(32-33-26)15-20-11-7-4-8-12-20/h3-12,16-17,21H,13-15,18H2,1-2H3,(H,30,36)(H,31,32,33)/t21-/m0/s1. The number of rotatable bonds is 8. The molecular formula is C28H29N7O2S. The molecule has 38 heavy (non-hydrogen) atoms. The number of carbonyl (C=O) groups is 2. The Morgan fingerprint density at radius 2 is 1.84 bits per heavy atom. The molecule has 0 spiro atoms. The lowest BCUT2D eigenvalue weighted by molar-refractivity contribution is -0.119. The zero-order valence-corrected chi connectivity index (χ0v) is 22.1. The van der Waals surface area contributed by atoms with Crippen LogP contribution in [0.1, 0.15) is 27.6 Å². The van der Waals surface area contributed by atoms with E-state index in [1.807, 2.05) is 61.6 Å². The molecule has 3 heterocycles. The Kier molecular flexibility index (Phi) is 7.69. The average Bonchev–Trinajstić information content (AvgIpc) is 3.38.